The molecule has 1 rings (SSSR count). The highest BCUT2D eigenvalue weighted by Gasteiger charge is 2.20. The smallest absolute Gasteiger partial charge is 0.0328 e. The van der Waals surface area contributed by atoms with Gasteiger partial charge in [0.25, 0.3) is 0 Å². The Kier molecular flexibility index (Phi) is 6.90. The molecule has 1 N–H and O–H groups in total. The summed E-state index contributed by atoms with van der Waals surface area (Å²) in [5.74, 6) is 0. The molecular formula is C15H28N2S. The second kappa shape index (κ2) is 7.93. The van der Waals surface area contributed by atoms with Crippen LogP contribution in [0.2, 0.25) is 0 Å². The molecule has 3 heteroatoms. The second-order valence-corrected chi connectivity index (χ2v) is 6.76. The molecule has 0 radical (unpaired) electrons. The van der Waals surface area contributed by atoms with E-state index in [2.05, 4.69) is 55.4 Å². The minimum absolute atomic E-state index is 0.336. The Hall–Kier alpha value is -0.380. The van der Waals surface area contributed by atoms with Crippen molar-refractivity contribution in [1.29, 1.82) is 0 Å². The van der Waals surface area contributed by atoms with E-state index >= 15 is 0 Å². The summed E-state index contributed by atoms with van der Waals surface area (Å²) in [6.07, 6.45) is 1.21. The van der Waals surface area contributed by atoms with Gasteiger partial charge in [0.15, 0.2) is 0 Å². The van der Waals surface area contributed by atoms with Gasteiger partial charge in [0.2, 0.25) is 0 Å². The average molecular weight is 268 g/mol. The first-order chi connectivity index (χ1) is 8.57. The van der Waals surface area contributed by atoms with Crippen molar-refractivity contribution in [3.8, 4) is 0 Å². The molecule has 104 valence electrons. The van der Waals surface area contributed by atoms with Crippen LogP contribution in [0.4, 0.5) is 0 Å². The predicted octanol–water partition coefficient (Wildman–Crippen LogP) is 3.60. The van der Waals surface area contributed by atoms with Crippen LogP contribution in [-0.4, -0.2) is 31.1 Å². The zero-order chi connectivity index (χ0) is 13.4. The molecule has 0 saturated heterocycles. The molecule has 18 heavy (non-hydrogen) atoms. The third-order valence-electron chi connectivity index (χ3n) is 3.09. The van der Waals surface area contributed by atoms with Crippen LogP contribution < -0.4 is 5.32 Å². The van der Waals surface area contributed by atoms with Gasteiger partial charge in [0.05, 0.1) is 0 Å². The van der Waals surface area contributed by atoms with Crippen molar-refractivity contribution < 1.29 is 0 Å². The van der Waals surface area contributed by atoms with Gasteiger partial charge in [0, 0.05) is 24.5 Å². The molecule has 0 fully saturated rings. The van der Waals surface area contributed by atoms with E-state index in [1.165, 1.54) is 11.3 Å². The second-order valence-electron chi connectivity index (χ2n) is 5.72. The van der Waals surface area contributed by atoms with Crippen LogP contribution >= 0.6 is 11.3 Å². The first-order valence-electron chi connectivity index (χ1n) is 7.03. The molecule has 0 spiro atoms. The summed E-state index contributed by atoms with van der Waals surface area (Å²) in [6, 6.07) is 4.37. The summed E-state index contributed by atoms with van der Waals surface area (Å²) in [5, 5.41) is 5.70. The Balaban J connectivity index is 2.40. The number of thiophene rings is 1. The molecule has 0 unspecified atom stereocenters. The van der Waals surface area contributed by atoms with E-state index in [1.54, 1.807) is 0 Å². The Morgan fingerprint density at radius 1 is 1.33 bits per heavy atom. The van der Waals surface area contributed by atoms with Gasteiger partial charge >= 0.3 is 0 Å². The van der Waals surface area contributed by atoms with E-state index in [0.717, 1.165) is 32.7 Å². The number of hydrogen-bond donors (Lipinski definition) is 1. The van der Waals surface area contributed by atoms with Crippen LogP contribution in [-0.2, 0) is 6.54 Å². The van der Waals surface area contributed by atoms with Gasteiger partial charge in [-0.1, -0.05) is 33.8 Å². The third-order valence-corrected chi connectivity index (χ3v) is 3.95. The van der Waals surface area contributed by atoms with Crippen LogP contribution in [0, 0.1) is 5.41 Å². The highest BCUT2D eigenvalue weighted by Crippen LogP contribution is 2.19. The largest absolute Gasteiger partial charge is 0.316 e. The Bertz CT molecular complexity index is 306. The van der Waals surface area contributed by atoms with E-state index in [4.69, 9.17) is 0 Å². The minimum atomic E-state index is 0.336. The highest BCUT2D eigenvalue weighted by molar-refractivity contribution is 7.09. The Labute approximate surface area is 116 Å². The summed E-state index contributed by atoms with van der Waals surface area (Å²) in [4.78, 5) is 4.01. The molecule has 0 aliphatic rings. The normalized spacial score (nSPS) is 12.3. The van der Waals surface area contributed by atoms with Crippen molar-refractivity contribution in [1.82, 2.24) is 10.2 Å². The quantitative estimate of drug-likeness (QED) is 0.689. The Morgan fingerprint density at radius 2 is 2.11 bits per heavy atom. The van der Waals surface area contributed by atoms with Gasteiger partial charge < -0.3 is 5.32 Å². The molecule has 1 aromatic rings. The summed E-state index contributed by atoms with van der Waals surface area (Å²) >= 11 is 1.86. The van der Waals surface area contributed by atoms with Gasteiger partial charge in [-0.2, -0.15) is 0 Å². The van der Waals surface area contributed by atoms with Crippen molar-refractivity contribution in [3.05, 3.63) is 22.4 Å². The van der Waals surface area contributed by atoms with Gasteiger partial charge in [-0.05, 0) is 36.4 Å². The maximum atomic E-state index is 3.54. The fourth-order valence-corrected chi connectivity index (χ4v) is 2.91. The van der Waals surface area contributed by atoms with E-state index in [0.29, 0.717) is 5.41 Å². The summed E-state index contributed by atoms with van der Waals surface area (Å²) in [7, 11) is 0. The first-order valence-corrected chi connectivity index (χ1v) is 7.91. The zero-order valence-electron chi connectivity index (χ0n) is 12.3. The van der Waals surface area contributed by atoms with Gasteiger partial charge in [-0.15, -0.1) is 11.3 Å². The lowest BCUT2D eigenvalue weighted by Gasteiger charge is -2.32. The number of rotatable bonds is 9. The molecule has 0 amide bonds. The van der Waals surface area contributed by atoms with Crippen LogP contribution in [0.5, 0.6) is 0 Å². The van der Waals surface area contributed by atoms with Crippen molar-refractivity contribution in [2.75, 3.05) is 26.2 Å². The van der Waals surface area contributed by atoms with Gasteiger partial charge in [-0.3, -0.25) is 4.90 Å². The van der Waals surface area contributed by atoms with E-state index < -0.39 is 0 Å². The summed E-state index contributed by atoms with van der Waals surface area (Å²) in [6.45, 7) is 14.8. The van der Waals surface area contributed by atoms with E-state index in [9.17, 15) is 0 Å². The molecular weight excluding hydrogens is 240 g/mol. The summed E-state index contributed by atoms with van der Waals surface area (Å²) < 4.78 is 0. The van der Waals surface area contributed by atoms with Crippen molar-refractivity contribution in [3.63, 3.8) is 0 Å². The fourth-order valence-electron chi connectivity index (χ4n) is 2.17. The molecule has 0 saturated carbocycles. The summed E-state index contributed by atoms with van der Waals surface area (Å²) in [5.41, 5.74) is 0.336. The van der Waals surface area contributed by atoms with Gasteiger partial charge in [-0.25, -0.2) is 0 Å². The van der Waals surface area contributed by atoms with E-state index in [-0.39, 0.29) is 0 Å². The highest BCUT2D eigenvalue weighted by atomic mass is 32.1. The first kappa shape index (κ1) is 15.7. The number of nitrogens with zero attached hydrogens (tertiary/aromatic N) is 1. The zero-order valence-corrected chi connectivity index (χ0v) is 13.1. The fraction of sp³-hybridized carbons (Fsp3) is 0.733. The third kappa shape index (κ3) is 5.98. The van der Waals surface area contributed by atoms with E-state index in [1.807, 2.05) is 11.3 Å². The lowest BCUT2D eigenvalue weighted by Crippen LogP contribution is -2.40. The number of nitrogens with one attached hydrogen (secondary N) is 1. The van der Waals surface area contributed by atoms with Crippen LogP contribution in [0.1, 0.15) is 39.0 Å². The molecule has 1 aromatic heterocycles. The molecule has 1 heterocycles. The van der Waals surface area contributed by atoms with Crippen molar-refractivity contribution >= 4 is 11.3 Å². The maximum absolute atomic E-state index is 3.54. The molecule has 0 atom stereocenters. The number of hydrogen-bond acceptors (Lipinski definition) is 3. The lowest BCUT2D eigenvalue weighted by atomic mass is 9.92. The van der Waals surface area contributed by atoms with Crippen molar-refractivity contribution in [2.45, 2.75) is 40.7 Å². The van der Waals surface area contributed by atoms with Crippen molar-refractivity contribution in [2.24, 2.45) is 5.41 Å². The maximum Gasteiger partial charge on any atom is 0.0328 e. The minimum Gasteiger partial charge on any atom is -0.316 e. The Morgan fingerprint density at radius 3 is 2.67 bits per heavy atom. The lowest BCUT2D eigenvalue weighted by molar-refractivity contribution is 0.176. The topological polar surface area (TPSA) is 15.3 Å². The van der Waals surface area contributed by atoms with Crippen LogP contribution in [0.3, 0.4) is 0 Å². The molecule has 0 aromatic carbocycles. The standard InChI is InChI=1S/C15H28N2S/c1-5-9-16-12-15(3,4)13-17(6-2)11-14-8-7-10-18-14/h7-8,10,16H,5-6,9,11-13H2,1-4H3. The van der Waals surface area contributed by atoms with Crippen LogP contribution in [0.15, 0.2) is 17.5 Å². The van der Waals surface area contributed by atoms with Crippen LogP contribution in [0.25, 0.3) is 0 Å². The predicted molar refractivity (Wildman–Crippen MR) is 82.2 cm³/mol. The molecule has 0 aliphatic carbocycles. The molecule has 0 aliphatic heterocycles. The molecule has 2 nitrogen and oxygen atoms in total. The average Bonchev–Trinajstić information content (AvgIpc) is 2.81. The molecule has 0 bridgehead atoms. The SMILES string of the molecule is CCCNCC(C)(C)CN(CC)Cc1cccs1. The van der Waals surface area contributed by atoms with Gasteiger partial charge in [0.1, 0.15) is 0 Å². The monoisotopic (exact) mass is 268 g/mol.